The predicted molar refractivity (Wildman–Crippen MR) is 123 cm³/mol. The average Bonchev–Trinajstić information content (AvgIpc) is 3.35. The molecule has 34 heavy (non-hydrogen) atoms. The molecule has 1 fully saturated rings. The molecule has 1 aromatic heterocycles. The van der Waals surface area contributed by atoms with E-state index in [0.717, 1.165) is 5.56 Å². The summed E-state index contributed by atoms with van der Waals surface area (Å²) in [5.74, 6) is 1.37. The molecule has 1 aliphatic heterocycles. The lowest BCUT2D eigenvalue weighted by molar-refractivity contribution is -0.140. The summed E-state index contributed by atoms with van der Waals surface area (Å²) in [6, 6.07) is 11.3. The number of piperidine rings is 1. The summed E-state index contributed by atoms with van der Waals surface area (Å²) in [6.45, 7) is 2.50. The second-order valence-corrected chi connectivity index (χ2v) is 8.50. The predicted octanol–water partition coefficient (Wildman–Crippen LogP) is 2.49. The maximum Gasteiger partial charge on any atom is 0.161 e. The van der Waals surface area contributed by atoms with Gasteiger partial charge in [-0.25, -0.2) is 9.37 Å². The van der Waals surface area contributed by atoms with E-state index in [-0.39, 0.29) is 19.0 Å². The molecule has 0 unspecified atom stereocenters. The molecule has 0 spiro atoms. The SMILES string of the molecule is COc1cc(CN2CC[C@H](O)[C@@](O)(COc3ccc(F)cc3)C2)ccc1OCCn1ccnc1. The van der Waals surface area contributed by atoms with Gasteiger partial charge >= 0.3 is 0 Å². The molecule has 0 aliphatic carbocycles. The van der Waals surface area contributed by atoms with Crippen LogP contribution < -0.4 is 14.2 Å². The summed E-state index contributed by atoms with van der Waals surface area (Å²) < 4.78 is 32.1. The Morgan fingerprint density at radius 1 is 1.15 bits per heavy atom. The van der Waals surface area contributed by atoms with Gasteiger partial charge in [-0.3, -0.25) is 4.90 Å². The highest BCUT2D eigenvalue weighted by Crippen LogP contribution is 2.30. The van der Waals surface area contributed by atoms with Crippen molar-refractivity contribution in [2.75, 3.05) is 33.4 Å². The first-order chi connectivity index (χ1) is 16.4. The average molecular weight is 472 g/mol. The molecule has 0 saturated carbocycles. The Balaban J connectivity index is 1.34. The number of methoxy groups -OCH3 is 1. The number of aliphatic hydroxyl groups is 2. The van der Waals surface area contributed by atoms with E-state index in [1.165, 1.54) is 24.3 Å². The maximum atomic E-state index is 13.1. The van der Waals surface area contributed by atoms with Crippen LogP contribution in [-0.4, -0.2) is 69.8 Å². The van der Waals surface area contributed by atoms with E-state index < -0.39 is 11.7 Å². The fourth-order valence-electron chi connectivity index (χ4n) is 4.03. The van der Waals surface area contributed by atoms with Crippen molar-refractivity contribution in [2.45, 2.75) is 31.2 Å². The summed E-state index contributed by atoms with van der Waals surface area (Å²) in [7, 11) is 1.60. The lowest BCUT2D eigenvalue weighted by atomic mass is 9.90. The first kappa shape index (κ1) is 24.0. The van der Waals surface area contributed by atoms with Gasteiger partial charge in [0, 0.05) is 32.0 Å². The first-order valence-electron chi connectivity index (χ1n) is 11.2. The summed E-state index contributed by atoms with van der Waals surface area (Å²) in [4.78, 5) is 6.08. The Bertz CT molecular complexity index is 1050. The minimum Gasteiger partial charge on any atom is -0.493 e. The van der Waals surface area contributed by atoms with E-state index in [4.69, 9.17) is 14.2 Å². The number of nitrogens with zero attached hydrogens (tertiary/aromatic N) is 3. The van der Waals surface area contributed by atoms with Gasteiger partial charge in [-0.15, -0.1) is 0 Å². The molecule has 2 heterocycles. The Hall–Kier alpha value is -3.14. The standard InChI is InChI=1S/C25H30FN3O5/c1-32-23-14-19(2-7-22(23)33-13-12-28-11-9-27-18-28)15-29-10-8-24(30)25(31,16-29)17-34-21-5-3-20(26)4-6-21/h2-7,9,11,14,18,24,30-31H,8,10,12-13,15-17H2,1H3/t24-,25-/m0/s1. The number of aromatic nitrogens is 2. The summed E-state index contributed by atoms with van der Waals surface area (Å²) in [6.07, 6.45) is 4.85. The van der Waals surface area contributed by atoms with Crippen molar-refractivity contribution in [1.29, 1.82) is 0 Å². The smallest absolute Gasteiger partial charge is 0.161 e. The summed E-state index contributed by atoms with van der Waals surface area (Å²) >= 11 is 0. The molecule has 1 aliphatic rings. The fraction of sp³-hybridized carbons (Fsp3) is 0.400. The van der Waals surface area contributed by atoms with Crippen molar-refractivity contribution in [3.8, 4) is 17.2 Å². The molecule has 1 saturated heterocycles. The van der Waals surface area contributed by atoms with E-state index in [2.05, 4.69) is 9.88 Å². The molecule has 9 heteroatoms. The topological polar surface area (TPSA) is 89.2 Å². The highest BCUT2D eigenvalue weighted by molar-refractivity contribution is 5.43. The van der Waals surface area contributed by atoms with E-state index in [1.807, 2.05) is 29.0 Å². The second kappa shape index (κ2) is 10.9. The van der Waals surface area contributed by atoms with Crippen molar-refractivity contribution < 1.29 is 28.8 Å². The lowest BCUT2D eigenvalue weighted by Crippen LogP contribution is -2.59. The Morgan fingerprint density at radius 2 is 1.97 bits per heavy atom. The lowest BCUT2D eigenvalue weighted by Gasteiger charge is -2.42. The van der Waals surface area contributed by atoms with Gasteiger partial charge in [0.25, 0.3) is 0 Å². The fourth-order valence-corrected chi connectivity index (χ4v) is 4.03. The van der Waals surface area contributed by atoms with Crippen LogP contribution in [0.1, 0.15) is 12.0 Å². The molecular formula is C25H30FN3O5. The van der Waals surface area contributed by atoms with Gasteiger partial charge in [0.15, 0.2) is 11.5 Å². The molecular weight excluding hydrogens is 441 g/mol. The van der Waals surface area contributed by atoms with Gasteiger partial charge in [-0.05, 0) is 48.4 Å². The van der Waals surface area contributed by atoms with Crippen molar-refractivity contribution in [3.05, 3.63) is 72.6 Å². The maximum absolute atomic E-state index is 13.1. The zero-order valence-electron chi connectivity index (χ0n) is 19.1. The second-order valence-electron chi connectivity index (χ2n) is 8.50. The largest absolute Gasteiger partial charge is 0.493 e. The molecule has 4 rings (SSSR count). The van der Waals surface area contributed by atoms with Crippen LogP contribution >= 0.6 is 0 Å². The normalized spacial score (nSPS) is 20.8. The number of β-amino-alcohol motifs (C(OH)–C–C–N with tert-alkyl or cyclic N) is 1. The minimum absolute atomic E-state index is 0.0939. The van der Waals surface area contributed by atoms with Crippen LogP contribution in [0.2, 0.25) is 0 Å². The number of hydrogen-bond donors (Lipinski definition) is 2. The van der Waals surface area contributed by atoms with Crippen LogP contribution in [-0.2, 0) is 13.1 Å². The molecule has 2 aromatic carbocycles. The van der Waals surface area contributed by atoms with Crippen molar-refractivity contribution in [2.24, 2.45) is 0 Å². The number of hydrogen-bond acceptors (Lipinski definition) is 7. The van der Waals surface area contributed by atoms with E-state index in [9.17, 15) is 14.6 Å². The minimum atomic E-state index is -1.44. The van der Waals surface area contributed by atoms with E-state index in [1.54, 1.807) is 19.6 Å². The number of likely N-dealkylation sites (tertiary alicyclic amines) is 1. The van der Waals surface area contributed by atoms with Crippen molar-refractivity contribution in [1.82, 2.24) is 14.5 Å². The quantitative estimate of drug-likeness (QED) is 0.470. The zero-order chi connectivity index (χ0) is 24.0. The Labute approximate surface area is 198 Å². The van der Waals surface area contributed by atoms with Crippen LogP contribution in [0.4, 0.5) is 4.39 Å². The van der Waals surface area contributed by atoms with Crippen LogP contribution in [0.25, 0.3) is 0 Å². The van der Waals surface area contributed by atoms with Gasteiger partial charge < -0.3 is 29.0 Å². The number of rotatable bonds is 10. The highest BCUT2D eigenvalue weighted by atomic mass is 19.1. The highest BCUT2D eigenvalue weighted by Gasteiger charge is 2.42. The van der Waals surface area contributed by atoms with Gasteiger partial charge in [-0.2, -0.15) is 0 Å². The first-order valence-corrected chi connectivity index (χ1v) is 11.2. The number of aliphatic hydroxyl groups excluding tert-OH is 1. The zero-order valence-corrected chi connectivity index (χ0v) is 19.1. The number of ether oxygens (including phenoxy) is 3. The van der Waals surface area contributed by atoms with Gasteiger partial charge in [-0.1, -0.05) is 6.07 Å². The molecule has 2 atom stereocenters. The summed E-state index contributed by atoms with van der Waals surface area (Å²) in [5.41, 5.74) is -0.440. The van der Waals surface area contributed by atoms with E-state index >= 15 is 0 Å². The number of halogens is 1. The molecule has 182 valence electrons. The molecule has 3 aromatic rings. The van der Waals surface area contributed by atoms with Crippen LogP contribution in [0.3, 0.4) is 0 Å². The Morgan fingerprint density at radius 3 is 2.71 bits per heavy atom. The van der Waals surface area contributed by atoms with Crippen molar-refractivity contribution >= 4 is 0 Å². The molecule has 0 amide bonds. The monoisotopic (exact) mass is 471 g/mol. The van der Waals surface area contributed by atoms with Crippen LogP contribution in [0.15, 0.2) is 61.2 Å². The van der Waals surface area contributed by atoms with Gasteiger partial charge in [0.1, 0.15) is 30.4 Å². The molecule has 2 N–H and O–H groups in total. The van der Waals surface area contributed by atoms with Crippen LogP contribution in [0, 0.1) is 5.82 Å². The number of benzene rings is 2. The third-order valence-corrected chi connectivity index (χ3v) is 5.94. The molecule has 8 nitrogen and oxygen atoms in total. The Kier molecular flexibility index (Phi) is 7.66. The third kappa shape index (κ3) is 6.05. The van der Waals surface area contributed by atoms with Gasteiger partial charge in [0.05, 0.1) is 26.1 Å². The number of imidazole rings is 1. The van der Waals surface area contributed by atoms with Crippen molar-refractivity contribution in [3.63, 3.8) is 0 Å². The van der Waals surface area contributed by atoms with Crippen LogP contribution in [0.5, 0.6) is 17.2 Å². The van der Waals surface area contributed by atoms with Gasteiger partial charge in [0.2, 0.25) is 0 Å². The molecule has 0 bridgehead atoms. The summed E-state index contributed by atoms with van der Waals surface area (Å²) in [5, 5.41) is 21.5. The third-order valence-electron chi connectivity index (χ3n) is 5.94. The molecule has 0 radical (unpaired) electrons. The van der Waals surface area contributed by atoms with E-state index in [0.29, 0.717) is 49.9 Å².